The fourth-order valence-corrected chi connectivity index (χ4v) is 7.73. The first-order chi connectivity index (χ1) is 14.2. The first-order valence-corrected chi connectivity index (χ1v) is 11.5. The lowest BCUT2D eigenvalue weighted by atomic mass is 9.45. The Kier molecular flexibility index (Phi) is 5.84. The number of aliphatic hydroxyl groups is 1. The Bertz CT molecular complexity index is 752. The van der Waals surface area contributed by atoms with Gasteiger partial charge in [0, 0.05) is 18.9 Å². The van der Waals surface area contributed by atoms with Crippen LogP contribution < -0.4 is 0 Å². The Morgan fingerprint density at radius 3 is 2.73 bits per heavy atom. The second kappa shape index (κ2) is 7.88. The normalized spacial score (nSPS) is 45.2. The summed E-state index contributed by atoms with van der Waals surface area (Å²) in [4.78, 5) is 25.1. The lowest BCUT2D eigenvalue weighted by Crippen LogP contribution is -2.62. The van der Waals surface area contributed by atoms with E-state index in [1.54, 1.807) is 0 Å². The van der Waals surface area contributed by atoms with E-state index in [1.807, 2.05) is 6.08 Å². The molecule has 7 heteroatoms. The predicted octanol–water partition coefficient (Wildman–Crippen LogP) is 3.59. The van der Waals surface area contributed by atoms with Gasteiger partial charge < -0.3 is 19.3 Å². The van der Waals surface area contributed by atoms with Crippen LogP contribution in [0, 0.1) is 28.6 Å². The van der Waals surface area contributed by atoms with Crippen LogP contribution in [0.1, 0.15) is 58.8 Å². The molecule has 7 atom stereocenters. The summed E-state index contributed by atoms with van der Waals surface area (Å²) in [6, 6.07) is -0.230. The molecule has 0 bridgehead atoms. The zero-order valence-corrected chi connectivity index (χ0v) is 18.9. The van der Waals surface area contributed by atoms with Crippen molar-refractivity contribution in [2.24, 2.45) is 28.6 Å². The van der Waals surface area contributed by atoms with Gasteiger partial charge in [-0.3, -0.25) is 4.79 Å². The molecular formula is C23H33ClO6. The van der Waals surface area contributed by atoms with E-state index >= 15 is 0 Å². The fourth-order valence-electron chi connectivity index (χ4n) is 7.63. The average molecular weight is 441 g/mol. The molecule has 0 radical (unpaired) electrons. The zero-order chi connectivity index (χ0) is 21.7. The summed E-state index contributed by atoms with van der Waals surface area (Å²) < 4.78 is 16.5. The summed E-state index contributed by atoms with van der Waals surface area (Å²) in [6.07, 6.45) is 6.20. The molecule has 0 heterocycles. The third-order valence-electron chi connectivity index (χ3n) is 8.95. The van der Waals surface area contributed by atoms with Crippen LogP contribution in [-0.4, -0.2) is 48.5 Å². The highest BCUT2D eigenvalue weighted by atomic mass is 35.5. The van der Waals surface area contributed by atoms with Crippen molar-refractivity contribution in [2.45, 2.75) is 70.5 Å². The second-order valence-corrected chi connectivity index (χ2v) is 10.3. The van der Waals surface area contributed by atoms with Crippen molar-refractivity contribution >= 4 is 23.4 Å². The van der Waals surface area contributed by atoms with Gasteiger partial charge >= 0.3 is 5.97 Å². The van der Waals surface area contributed by atoms with E-state index in [4.69, 9.17) is 25.8 Å². The number of allylic oxidation sites excluding steroid dienone is 1. The van der Waals surface area contributed by atoms with Gasteiger partial charge in [0.2, 0.25) is 0 Å². The minimum absolute atomic E-state index is 0.0173. The molecule has 1 N–H and O–H groups in total. The number of aliphatic hydroxyl groups excluding tert-OH is 1. The van der Waals surface area contributed by atoms with Crippen molar-refractivity contribution in [3.8, 4) is 0 Å². The predicted molar refractivity (Wildman–Crippen MR) is 111 cm³/mol. The van der Waals surface area contributed by atoms with E-state index in [-0.39, 0.29) is 41.8 Å². The molecule has 0 aromatic carbocycles. The Hall–Kier alpha value is -0.950. The number of methoxy groups -OCH3 is 1. The topological polar surface area (TPSA) is 82.1 Å². The number of halogens is 1. The van der Waals surface area contributed by atoms with Crippen LogP contribution in [0.2, 0.25) is 0 Å². The molecule has 0 aliphatic heterocycles. The van der Waals surface area contributed by atoms with Gasteiger partial charge in [-0.1, -0.05) is 31.0 Å². The van der Waals surface area contributed by atoms with Gasteiger partial charge in [-0.05, 0) is 67.8 Å². The molecule has 4 aliphatic rings. The Morgan fingerprint density at radius 1 is 1.27 bits per heavy atom. The van der Waals surface area contributed by atoms with E-state index in [2.05, 4.69) is 13.8 Å². The number of ether oxygens (including phenoxy) is 3. The molecule has 6 nitrogen and oxygen atoms in total. The average Bonchev–Trinajstić information content (AvgIpc) is 2.99. The standard InChI is InChI=1S/C23H33ClO6/c1-21-8-6-15(25)10-14(21)4-5-16-17-7-9-23(30-13-28-3,20(27)29-12-24)22(17,2)11-18(26)19(16)21/h10,16-19,26H,4-9,11-13H2,1-3H3/t16-,17-,18-,19+,21-,22-,23-/m0/s1. The number of ketones is 1. The number of rotatable bonds is 5. The van der Waals surface area contributed by atoms with Crippen molar-refractivity contribution < 1.29 is 28.9 Å². The SMILES string of the molecule is COCO[C@]1(C(=O)OCCl)CC[C@H]2[C@@H]3CCC4=CC(=O)CC[C@]4(C)[C@H]3[C@@H](O)C[C@@]21C. The Morgan fingerprint density at radius 2 is 2.03 bits per heavy atom. The van der Waals surface area contributed by atoms with E-state index < -0.39 is 23.1 Å². The number of carbonyl (C=O) groups is 2. The van der Waals surface area contributed by atoms with Crippen molar-refractivity contribution in [2.75, 3.05) is 20.0 Å². The molecule has 0 unspecified atom stereocenters. The molecule has 0 saturated heterocycles. The molecule has 4 rings (SSSR count). The molecular weight excluding hydrogens is 408 g/mol. The lowest BCUT2D eigenvalue weighted by molar-refractivity contribution is -0.229. The van der Waals surface area contributed by atoms with Crippen LogP contribution in [-0.2, 0) is 23.8 Å². The Balaban J connectivity index is 1.72. The number of hydrogen-bond donors (Lipinski definition) is 1. The second-order valence-electron chi connectivity index (χ2n) is 10.0. The van der Waals surface area contributed by atoms with Crippen molar-refractivity contribution in [3.63, 3.8) is 0 Å². The molecule has 30 heavy (non-hydrogen) atoms. The van der Waals surface area contributed by atoms with E-state index in [0.717, 1.165) is 25.7 Å². The summed E-state index contributed by atoms with van der Waals surface area (Å²) in [5.74, 6) is 0.322. The van der Waals surface area contributed by atoms with E-state index in [1.165, 1.54) is 12.7 Å². The largest absolute Gasteiger partial charge is 0.447 e. The molecule has 0 aromatic rings. The quantitative estimate of drug-likeness (QED) is 0.399. The van der Waals surface area contributed by atoms with Crippen LogP contribution in [0.25, 0.3) is 0 Å². The minimum atomic E-state index is -1.17. The van der Waals surface area contributed by atoms with Crippen LogP contribution in [0.4, 0.5) is 0 Å². The van der Waals surface area contributed by atoms with Crippen molar-refractivity contribution in [1.29, 1.82) is 0 Å². The highest BCUT2D eigenvalue weighted by molar-refractivity contribution is 6.17. The highest BCUT2D eigenvalue weighted by Crippen LogP contribution is 2.68. The van der Waals surface area contributed by atoms with E-state index in [9.17, 15) is 14.7 Å². The third-order valence-corrected chi connectivity index (χ3v) is 9.06. The smallest absolute Gasteiger partial charge is 0.340 e. The maximum Gasteiger partial charge on any atom is 0.340 e. The van der Waals surface area contributed by atoms with Gasteiger partial charge in [0.15, 0.2) is 17.5 Å². The summed E-state index contributed by atoms with van der Waals surface area (Å²) in [5.41, 5.74) is -0.706. The zero-order valence-electron chi connectivity index (χ0n) is 18.1. The van der Waals surface area contributed by atoms with Gasteiger partial charge in [0.05, 0.1) is 6.10 Å². The van der Waals surface area contributed by atoms with Gasteiger partial charge in [0.1, 0.15) is 6.79 Å². The van der Waals surface area contributed by atoms with Crippen LogP contribution >= 0.6 is 11.6 Å². The van der Waals surface area contributed by atoms with Crippen LogP contribution in [0.15, 0.2) is 11.6 Å². The van der Waals surface area contributed by atoms with Gasteiger partial charge in [0.25, 0.3) is 0 Å². The number of carbonyl (C=O) groups excluding carboxylic acids is 2. The molecule has 168 valence electrons. The maximum absolute atomic E-state index is 13.1. The molecule has 3 saturated carbocycles. The number of esters is 1. The summed E-state index contributed by atoms with van der Waals surface area (Å²) in [5, 5.41) is 11.5. The third kappa shape index (κ3) is 3.01. The van der Waals surface area contributed by atoms with Gasteiger partial charge in [-0.25, -0.2) is 4.79 Å². The van der Waals surface area contributed by atoms with Gasteiger partial charge in [-0.2, -0.15) is 0 Å². The van der Waals surface area contributed by atoms with Crippen molar-refractivity contribution in [3.05, 3.63) is 11.6 Å². The minimum Gasteiger partial charge on any atom is -0.447 e. The lowest BCUT2D eigenvalue weighted by Gasteiger charge is -2.60. The molecule has 0 amide bonds. The fraction of sp³-hybridized carbons (Fsp3) is 0.826. The molecule has 3 fully saturated rings. The van der Waals surface area contributed by atoms with Gasteiger partial charge in [-0.15, -0.1) is 0 Å². The highest BCUT2D eigenvalue weighted by Gasteiger charge is 2.70. The monoisotopic (exact) mass is 440 g/mol. The Labute approximate surface area is 183 Å². The van der Waals surface area contributed by atoms with Crippen LogP contribution in [0.3, 0.4) is 0 Å². The number of alkyl halides is 1. The number of fused-ring (bicyclic) bond motifs is 5. The summed E-state index contributed by atoms with van der Waals surface area (Å²) in [6.45, 7) is 4.27. The first-order valence-electron chi connectivity index (χ1n) is 11.0. The first kappa shape index (κ1) is 22.3. The maximum atomic E-state index is 13.1. The summed E-state index contributed by atoms with van der Waals surface area (Å²) >= 11 is 5.72. The molecule has 0 spiro atoms. The molecule has 4 aliphatic carbocycles. The summed E-state index contributed by atoms with van der Waals surface area (Å²) in [7, 11) is 1.53. The van der Waals surface area contributed by atoms with E-state index in [0.29, 0.717) is 19.3 Å². The van der Waals surface area contributed by atoms with Crippen molar-refractivity contribution in [1.82, 2.24) is 0 Å². The van der Waals surface area contributed by atoms with Crippen LogP contribution in [0.5, 0.6) is 0 Å². The number of hydrogen-bond acceptors (Lipinski definition) is 6. The molecule has 0 aromatic heterocycles.